The normalized spacial score (nSPS) is 11.3. The van der Waals surface area contributed by atoms with Gasteiger partial charge in [0, 0.05) is 5.69 Å². The molecule has 0 aliphatic heterocycles. The fourth-order valence-corrected chi connectivity index (χ4v) is 1.95. The average molecular weight is 387 g/mol. The molecule has 4 nitrogen and oxygen atoms in total. The number of halogens is 6. The summed E-state index contributed by atoms with van der Waals surface area (Å²) >= 11 is 8.46. The van der Waals surface area contributed by atoms with E-state index < -0.39 is 17.9 Å². The highest BCUT2D eigenvalue weighted by Gasteiger charge is 2.31. The van der Waals surface area contributed by atoms with Crippen LogP contribution in [0.2, 0.25) is 5.28 Å². The van der Waals surface area contributed by atoms with Gasteiger partial charge >= 0.3 is 6.36 Å². The van der Waals surface area contributed by atoms with Crippen molar-refractivity contribution in [3.8, 4) is 5.75 Å². The molecule has 112 valence electrons. The van der Waals surface area contributed by atoms with Gasteiger partial charge in [-0.1, -0.05) is 0 Å². The lowest BCUT2D eigenvalue weighted by molar-refractivity contribution is -0.274. The van der Waals surface area contributed by atoms with E-state index in [1.54, 1.807) is 0 Å². The summed E-state index contributed by atoms with van der Waals surface area (Å²) in [6.45, 7) is 0. The van der Waals surface area contributed by atoms with Crippen LogP contribution in [0, 0.1) is 5.82 Å². The van der Waals surface area contributed by atoms with Crippen LogP contribution in [-0.4, -0.2) is 16.3 Å². The van der Waals surface area contributed by atoms with E-state index in [1.807, 2.05) is 0 Å². The van der Waals surface area contributed by atoms with Gasteiger partial charge in [0.15, 0.2) is 11.6 Å². The van der Waals surface area contributed by atoms with Crippen LogP contribution in [0.15, 0.2) is 28.9 Å². The Balaban J connectivity index is 2.22. The molecule has 2 rings (SSSR count). The van der Waals surface area contributed by atoms with Crippen molar-refractivity contribution in [1.29, 1.82) is 0 Å². The summed E-state index contributed by atoms with van der Waals surface area (Å²) in [4.78, 5) is 7.06. The van der Waals surface area contributed by atoms with Gasteiger partial charge in [0.1, 0.15) is 5.75 Å². The molecule has 0 saturated heterocycles. The third-order valence-electron chi connectivity index (χ3n) is 2.14. The number of ether oxygens (including phenoxy) is 1. The topological polar surface area (TPSA) is 47.0 Å². The number of nitrogens with one attached hydrogen (secondary N) is 1. The molecule has 0 spiro atoms. The number of aromatic nitrogens is 2. The highest BCUT2D eigenvalue weighted by atomic mass is 79.9. The molecule has 1 heterocycles. The van der Waals surface area contributed by atoms with Gasteiger partial charge in [0.05, 0.1) is 10.7 Å². The van der Waals surface area contributed by atoms with Gasteiger partial charge in [-0.25, -0.2) is 9.37 Å². The molecule has 10 heteroatoms. The number of hydrogen-bond acceptors (Lipinski definition) is 4. The molecule has 0 atom stereocenters. The van der Waals surface area contributed by atoms with Gasteiger partial charge in [-0.15, -0.1) is 13.2 Å². The van der Waals surface area contributed by atoms with Gasteiger partial charge in [0.25, 0.3) is 0 Å². The Bertz CT molecular complexity index is 668. The second-order valence-electron chi connectivity index (χ2n) is 3.65. The summed E-state index contributed by atoms with van der Waals surface area (Å²) in [5.74, 6) is -1.38. The van der Waals surface area contributed by atoms with E-state index >= 15 is 0 Å². The standard InChI is InChI=1S/C11H5BrClF4N3O/c12-6-3-5(1-2-8(6)21-11(15,16)17)19-9-7(14)4-18-10(13)20-9/h1-4H,(H,18,19,20). The molecule has 1 N–H and O–H groups in total. The minimum Gasteiger partial charge on any atom is -0.405 e. The largest absolute Gasteiger partial charge is 0.573 e. The Morgan fingerprint density at radius 2 is 2.00 bits per heavy atom. The fraction of sp³-hybridized carbons (Fsp3) is 0.0909. The predicted octanol–water partition coefficient (Wildman–Crippen LogP) is 4.67. The second kappa shape index (κ2) is 6.02. The molecule has 0 aliphatic rings. The number of rotatable bonds is 3. The van der Waals surface area contributed by atoms with Crippen molar-refractivity contribution >= 4 is 39.0 Å². The first-order valence-electron chi connectivity index (χ1n) is 5.25. The first-order chi connectivity index (χ1) is 9.74. The zero-order valence-corrected chi connectivity index (χ0v) is 12.2. The Hall–Kier alpha value is -1.61. The zero-order valence-electron chi connectivity index (χ0n) is 9.88. The van der Waals surface area contributed by atoms with Crippen LogP contribution in [0.5, 0.6) is 5.75 Å². The molecule has 0 aliphatic carbocycles. The van der Waals surface area contributed by atoms with E-state index in [4.69, 9.17) is 11.6 Å². The third kappa shape index (κ3) is 4.43. The van der Waals surface area contributed by atoms with Gasteiger partial charge in [-0.2, -0.15) is 4.98 Å². The number of alkyl halides is 3. The van der Waals surface area contributed by atoms with Gasteiger partial charge < -0.3 is 10.1 Å². The molecule has 1 aromatic heterocycles. The van der Waals surface area contributed by atoms with E-state index in [0.29, 0.717) is 0 Å². The van der Waals surface area contributed by atoms with Crippen molar-refractivity contribution in [2.24, 2.45) is 0 Å². The summed E-state index contributed by atoms with van der Waals surface area (Å²) in [5, 5.41) is 2.40. The van der Waals surface area contributed by atoms with Crippen molar-refractivity contribution < 1.29 is 22.3 Å². The predicted molar refractivity (Wildman–Crippen MR) is 71.1 cm³/mol. The molecule has 2 aromatic rings. The molecular weight excluding hydrogens is 381 g/mol. The van der Waals surface area contributed by atoms with Crippen LogP contribution in [0.1, 0.15) is 0 Å². The Morgan fingerprint density at radius 1 is 1.29 bits per heavy atom. The van der Waals surface area contributed by atoms with Crippen LogP contribution in [0.4, 0.5) is 29.1 Å². The van der Waals surface area contributed by atoms with Gasteiger partial charge in [-0.3, -0.25) is 0 Å². The lowest BCUT2D eigenvalue weighted by atomic mass is 10.3. The Morgan fingerprint density at radius 3 is 2.62 bits per heavy atom. The van der Waals surface area contributed by atoms with Crippen molar-refractivity contribution in [2.75, 3.05) is 5.32 Å². The Labute approximate surface area is 129 Å². The first-order valence-corrected chi connectivity index (χ1v) is 6.42. The first kappa shape index (κ1) is 15.8. The maximum absolute atomic E-state index is 13.4. The highest BCUT2D eigenvalue weighted by molar-refractivity contribution is 9.10. The van der Waals surface area contributed by atoms with E-state index in [2.05, 4.69) is 36.0 Å². The van der Waals surface area contributed by atoms with E-state index in [-0.39, 0.29) is 21.3 Å². The smallest absolute Gasteiger partial charge is 0.405 e. The lowest BCUT2D eigenvalue weighted by Crippen LogP contribution is -2.17. The summed E-state index contributed by atoms with van der Waals surface area (Å²) in [6, 6.07) is 3.61. The zero-order chi connectivity index (χ0) is 15.6. The number of benzene rings is 1. The molecule has 0 fully saturated rings. The van der Waals surface area contributed by atoms with Crippen LogP contribution in [0.25, 0.3) is 0 Å². The molecule has 21 heavy (non-hydrogen) atoms. The summed E-state index contributed by atoms with van der Waals surface area (Å²) < 4.78 is 53.6. The second-order valence-corrected chi connectivity index (χ2v) is 4.85. The van der Waals surface area contributed by atoms with Gasteiger partial charge in [-0.05, 0) is 45.7 Å². The lowest BCUT2D eigenvalue weighted by Gasteiger charge is -2.12. The molecule has 0 saturated carbocycles. The summed E-state index contributed by atoms with van der Waals surface area (Å²) in [6.07, 6.45) is -3.93. The van der Waals surface area contributed by atoms with Gasteiger partial charge in [0.2, 0.25) is 5.28 Å². The van der Waals surface area contributed by atoms with E-state index in [9.17, 15) is 17.6 Å². The molecule has 0 radical (unpaired) electrons. The van der Waals surface area contributed by atoms with Crippen LogP contribution in [0.3, 0.4) is 0 Å². The molecule has 0 amide bonds. The summed E-state index contributed by atoms with van der Waals surface area (Å²) in [7, 11) is 0. The monoisotopic (exact) mass is 385 g/mol. The molecule has 1 aromatic carbocycles. The molecular formula is C11H5BrClF4N3O. The van der Waals surface area contributed by atoms with Crippen molar-refractivity contribution in [1.82, 2.24) is 9.97 Å². The maximum atomic E-state index is 13.4. The van der Waals surface area contributed by atoms with Crippen molar-refractivity contribution in [2.45, 2.75) is 6.36 Å². The third-order valence-corrected chi connectivity index (χ3v) is 2.94. The Kier molecular flexibility index (Phi) is 4.52. The SMILES string of the molecule is Fc1cnc(Cl)nc1Nc1ccc(OC(F)(F)F)c(Br)c1. The minimum atomic E-state index is -4.80. The molecule has 0 bridgehead atoms. The quantitative estimate of drug-likeness (QED) is 0.615. The van der Waals surface area contributed by atoms with Crippen molar-refractivity contribution in [3.63, 3.8) is 0 Å². The number of anilines is 2. The summed E-state index contributed by atoms with van der Waals surface area (Å²) in [5.41, 5.74) is 0.282. The number of hydrogen-bond donors (Lipinski definition) is 1. The minimum absolute atomic E-state index is 0.0328. The fourth-order valence-electron chi connectivity index (χ4n) is 1.36. The van der Waals surface area contributed by atoms with Crippen molar-refractivity contribution in [3.05, 3.63) is 40.0 Å². The average Bonchev–Trinajstić information content (AvgIpc) is 2.36. The van der Waals surface area contributed by atoms with E-state index in [1.165, 1.54) is 12.1 Å². The van der Waals surface area contributed by atoms with E-state index in [0.717, 1.165) is 12.3 Å². The van der Waals surface area contributed by atoms with Crippen LogP contribution in [-0.2, 0) is 0 Å². The maximum Gasteiger partial charge on any atom is 0.573 e. The highest BCUT2D eigenvalue weighted by Crippen LogP contribution is 2.33. The number of nitrogens with zero attached hydrogens (tertiary/aromatic N) is 2. The van der Waals surface area contributed by atoms with Crippen LogP contribution < -0.4 is 10.1 Å². The van der Waals surface area contributed by atoms with Crippen LogP contribution >= 0.6 is 27.5 Å². The molecule has 0 unspecified atom stereocenters.